The van der Waals surface area contributed by atoms with E-state index in [1.807, 2.05) is 20.8 Å². The SMILES string of the molecule is CC(C)(C)OC(=O)NC1CC(NC2CCC(C(N)=O)CC2)C1. The Kier molecular flexibility index (Phi) is 5.32. The summed E-state index contributed by atoms with van der Waals surface area (Å²) in [5.74, 6) is -0.107. The van der Waals surface area contributed by atoms with E-state index in [2.05, 4.69) is 10.6 Å². The molecule has 4 N–H and O–H groups in total. The minimum absolute atomic E-state index is 0.0565. The van der Waals surface area contributed by atoms with Crippen LogP contribution in [0.1, 0.15) is 59.3 Å². The number of ether oxygens (including phenoxy) is 1. The average Bonchev–Trinajstić information content (AvgIpc) is 2.34. The second-order valence-electron chi connectivity index (χ2n) is 7.63. The van der Waals surface area contributed by atoms with Gasteiger partial charge >= 0.3 is 6.09 Å². The van der Waals surface area contributed by atoms with Crippen LogP contribution in [-0.4, -0.2) is 35.7 Å². The van der Waals surface area contributed by atoms with Crippen molar-refractivity contribution in [3.05, 3.63) is 0 Å². The third-order valence-corrected chi connectivity index (χ3v) is 4.46. The van der Waals surface area contributed by atoms with E-state index < -0.39 is 5.60 Å². The molecule has 0 bridgehead atoms. The highest BCUT2D eigenvalue weighted by Gasteiger charge is 2.34. The van der Waals surface area contributed by atoms with Gasteiger partial charge in [-0.1, -0.05) is 0 Å². The van der Waals surface area contributed by atoms with Crippen molar-refractivity contribution in [2.45, 2.75) is 83.0 Å². The molecule has 0 aliphatic heterocycles. The molecule has 6 heteroatoms. The van der Waals surface area contributed by atoms with E-state index in [-0.39, 0.29) is 24.0 Å². The Balaban J connectivity index is 1.60. The highest BCUT2D eigenvalue weighted by Crippen LogP contribution is 2.27. The molecule has 0 aromatic rings. The molecule has 126 valence electrons. The molecule has 0 saturated heterocycles. The van der Waals surface area contributed by atoms with Gasteiger partial charge in [0, 0.05) is 24.0 Å². The quantitative estimate of drug-likeness (QED) is 0.736. The topological polar surface area (TPSA) is 93.4 Å². The van der Waals surface area contributed by atoms with E-state index in [1.54, 1.807) is 0 Å². The predicted octanol–water partition coefficient (Wildman–Crippen LogP) is 1.68. The molecule has 2 rings (SSSR count). The van der Waals surface area contributed by atoms with Gasteiger partial charge in [0.25, 0.3) is 0 Å². The largest absolute Gasteiger partial charge is 0.444 e. The average molecular weight is 311 g/mol. The number of nitrogens with two attached hydrogens (primary N) is 1. The fourth-order valence-corrected chi connectivity index (χ4v) is 3.22. The van der Waals surface area contributed by atoms with E-state index in [0.717, 1.165) is 38.5 Å². The van der Waals surface area contributed by atoms with E-state index in [4.69, 9.17) is 10.5 Å². The highest BCUT2D eigenvalue weighted by molar-refractivity contribution is 5.76. The van der Waals surface area contributed by atoms with Gasteiger partial charge < -0.3 is 21.1 Å². The maximum atomic E-state index is 11.7. The number of hydrogen-bond donors (Lipinski definition) is 3. The molecule has 6 nitrogen and oxygen atoms in total. The number of amides is 2. The van der Waals surface area contributed by atoms with Crippen LogP contribution >= 0.6 is 0 Å². The molecule has 0 heterocycles. The minimum Gasteiger partial charge on any atom is -0.444 e. The van der Waals surface area contributed by atoms with Crippen molar-refractivity contribution in [3.63, 3.8) is 0 Å². The van der Waals surface area contributed by atoms with Gasteiger partial charge in [-0.25, -0.2) is 4.79 Å². The van der Waals surface area contributed by atoms with Gasteiger partial charge in [0.1, 0.15) is 5.60 Å². The summed E-state index contributed by atoms with van der Waals surface area (Å²) < 4.78 is 5.25. The number of carbonyl (C=O) groups is 2. The van der Waals surface area contributed by atoms with Gasteiger partial charge in [-0.2, -0.15) is 0 Å². The van der Waals surface area contributed by atoms with Crippen LogP contribution in [0.2, 0.25) is 0 Å². The Morgan fingerprint density at radius 3 is 2.09 bits per heavy atom. The lowest BCUT2D eigenvalue weighted by Crippen LogP contribution is -2.55. The summed E-state index contributed by atoms with van der Waals surface area (Å²) in [7, 11) is 0. The maximum absolute atomic E-state index is 11.7. The van der Waals surface area contributed by atoms with Crippen molar-refractivity contribution in [2.24, 2.45) is 11.7 Å². The lowest BCUT2D eigenvalue weighted by Gasteiger charge is -2.40. The van der Waals surface area contributed by atoms with Gasteiger partial charge in [0.05, 0.1) is 0 Å². The summed E-state index contributed by atoms with van der Waals surface area (Å²) in [6.45, 7) is 5.58. The van der Waals surface area contributed by atoms with Crippen molar-refractivity contribution in [2.75, 3.05) is 0 Å². The summed E-state index contributed by atoms with van der Waals surface area (Å²) in [6.07, 6.45) is 5.34. The third-order valence-electron chi connectivity index (χ3n) is 4.46. The van der Waals surface area contributed by atoms with Crippen LogP contribution < -0.4 is 16.4 Å². The molecular weight excluding hydrogens is 282 g/mol. The lowest BCUT2D eigenvalue weighted by atomic mass is 9.82. The zero-order chi connectivity index (χ0) is 16.3. The molecule has 0 radical (unpaired) electrons. The number of alkyl carbamates (subject to hydrolysis) is 1. The summed E-state index contributed by atoms with van der Waals surface area (Å²) in [5.41, 5.74) is 4.89. The predicted molar refractivity (Wildman–Crippen MR) is 84.3 cm³/mol. The van der Waals surface area contributed by atoms with Crippen LogP contribution in [0.15, 0.2) is 0 Å². The standard InChI is InChI=1S/C16H29N3O3/c1-16(2,3)22-15(21)19-13-8-12(9-13)18-11-6-4-10(5-7-11)14(17)20/h10-13,18H,4-9H2,1-3H3,(H2,17,20)(H,19,21). The first kappa shape index (κ1) is 17.1. The molecular formula is C16H29N3O3. The van der Waals surface area contributed by atoms with Crippen LogP contribution in [0.4, 0.5) is 4.79 Å². The Bertz CT molecular complexity index is 405. The summed E-state index contributed by atoms with van der Waals surface area (Å²) in [6, 6.07) is 1.13. The summed E-state index contributed by atoms with van der Waals surface area (Å²) in [5, 5.41) is 6.52. The van der Waals surface area contributed by atoms with Crippen LogP contribution in [-0.2, 0) is 9.53 Å². The van der Waals surface area contributed by atoms with Crippen LogP contribution in [0.5, 0.6) is 0 Å². The first-order valence-corrected chi connectivity index (χ1v) is 8.28. The van der Waals surface area contributed by atoms with Gasteiger partial charge in [0.2, 0.25) is 5.91 Å². The highest BCUT2D eigenvalue weighted by atomic mass is 16.6. The monoisotopic (exact) mass is 311 g/mol. The fourth-order valence-electron chi connectivity index (χ4n) is 3.22. The van der Waals surface area contributed by atoms with Gasteiger partial charge in [-0.15, -0.1) is 0 Å². The zero-order valence-electron chi connectivity index (χ0n) is 13.9. The van der Waals surface area contributed by atoms with Gasteiger partial charge in [-0.3, -0.25) is 4.79 Å². The molecule has 0 aromatic carbocycles. The van der Waals surface area contributed by atoms with Gasteiger partial charge in [-0.05, 0) is 59.3 Å². The van der Waals surface area contributed by atoms with Gasteiger partial charge in [0.15, 0.2) is 0 Å². The van der Waals surface area contributed by atoms with E-state index >= 15 is 0 Å². The van der Waals surface area contributed by atoms with Crippen molar-refractivity contribution >= 4 is 12.0 Å². The van der Waals surface area contributed by atoms with E-state index in [0.29, 0.717) is 12.1 Å². The van der Waals surface area contributed by atoms with Crippen molar-refractivity contribution in [3.8, 4) is 0 Å². The number of rotatable bonds is 4. The zero-order valence-corrected chi connectivity index (χ0v) is 13.9. The second kappa shape index (κ2) is 6.86. The molecule has 2 aliphatic rings. The molecule has 2 aliphatic carbocycles. The molecule has 0 atom stereocenters. The van der Waals surface area contributed by atoms with Crippen molar-refractivity contribution in [1.82, 2.24) is 10.6 Å². The molecule has 2 fully saturated rings. The number of carbonyl (C=O) groups excluding carboxylic acids is 2. The Hall–Kier alpha value is -1.30. The van der Waals surface area contributed by atoms with Crippen molar-refractivity contribution in [1.29, 1.82) is 0 Å². The smallest absolute Gasteiger partial charge is 0.407 e. The fraction of sp³-hybridized carbons (Fsp3) is 0.875. The minimum atomic E-state index is -0.454. The third kappa shape index (κ3) is 5.16. The van der Waals surface area contributed by atoms with Crippen LogP contribution in [0.25, 0.3) is 0 Å². The molecule has 2 saturated carbocycles. The molecule has 0 unspecified atom stereocenters. The summed E-state index contributed by atoms with van der Waals surface area (Å²) in [4.78, 5) is 22.8. The first-order valence-electron chi connectivity index (χ1n) is 8.28. The Morgan fingerprint density at radius 2 is 1.59 bits per heavy atom. The second-order valence-corrected chi connectivity index (χ2v) is 7.63. The maximum Gasteiger partial charge on any atom is 0.407 e. The van der Waals surface area contributed by atoms with Crippen molar-refractivity contribution < 1.29 is 14.3 Å². The molecule has 22 heavy (non-hydrogen) atoms. The first-order chi connectivity index (χ1) is 10.2. The Morgan fingerprint density at radius 1 is 1.00 bits per heavy atom. The number of nitrogens with one attached hydrogen (secondary N) is 2. The lowest BCUT2D eigenvalue weighted by molar-refractivity contribution is -0.122. The van der Waals surface area contributed by atoms with E-state index in [9.17, 15) is 9.59 Å². The number of primary amides is 1. The summed E-state index contributed by atoms with van der Waals surface area (Å²) >= 11 is 0. The Labute approximate surface area is 132 Å². The van der Waals surface area contributed by atoms with Crippen LogP contribution in [0.3, 0.4) is 0 Å². The molecule has 2 amide bonds. The normalized spacial score (nSPS) is 32.0. The molecule has 0 spiro atoms. The molecule has 0 aromatic heterocycles. The number of hydrogen-bond acceptors (Lipinski definition) is 4. The van der Waals surface area contributed by atoms with E-state index in [1.165, 1.54) is 0 Å². The van der Waals surface area contributed by atoms with Crippen LogP contribution in [0, 0.1) is 5.92 Å².